The number of aryl methyl sites for hydroxylation is 2. The zero-order valence-corrected chi connectivity index (χ0v) is 39.3. The Hall–Kier alpha value is -4.24. The van der Waals surface area contributed by atoms with Gasteiger partial charge in [-0.15, -0.1) is 0 Å². The molecule has 1 amide bonds. The van der Waals surface area contributed by atoms with Crippen LogP contribution >= 0.6 is 7.92 Å². The number of nitrogens with one attached hydrogen (secondary N) is 2. The molecule has 2 atom stereocenters. The summed E-state index contributed by atoms with van der Waals surface area (Å²) in [7, 11) is -1.00. The first-order valence-electron chi connectivity index (χ1n) is 22.2. The molecule has 1 spiro atoms. The van der Waals surface area contributed by atoms with Crippen molar-refractivity contribution in [3.63, 3.8) is 0 Å². The molecule has 0 unspecified atom stereocenters. The molecule has 0 fully saturated rings. The smallest absolute Gasteiger partial charge is 0.239 e. The summed E-state index contributed by atoms with van der Waals surface area (Å²) in [6.07, 6.45) is 4.13. The van der Waals surface area contributed by atoms with E-state index in [9.17, 15) is 9.90 Å². The van der Waals surface area contributed by atoms with Gasteiger partial charge in [-0.1, -0.05) is 180 Å². The third kappa shape index (κ3) is 8.75. The van der Waals surface area contributed by atoms with Crippen LogP contribution in [0.15, 0.2) is 103 Å². The Kier molecular flexibility index (Phi) is 11.9. The maximum Gasteiger partial charge on any atom is 0.239 e. The molecule has 0 heterocycles. The highest BCUT2D eigenvalue weighted by Gasteiger charge is 2.48. The lowest BCUT2D eigenvalue weighted by atomic mass is 9.76. The predicted molar refractivity (Wildman–Crippen MR) is 257 cm³/mol. The maximum absolute atomic E-state index is 13.5. The zero-order valence-electron chi connectivity index (χ0n) is 38.4. The molecular formula is C55H69N2O2P. The van der Waals surface area contributed by atoms with Gasteiger partial charge in [-0.3, -0.25) is 4.79 Å². The minimum atomic E-state index is -1.00. The number of aliphatic hydroxyl groups excluding tert-OH is 1. The lowest BCUT2D eigenvalue weighted by Gasteiger charge is -2.35. The van der Waals surface area contributed by atoms with Crippen LogP contribution in [0.3, 0.4) is 0 Å². The first kappa shape index (κ1) is 43.8. The summed E-state index contributed by atoms with van der Waals surface area (Å²) < 4.78 is 0. The summed E-state index contributed by atoms with van der Waals surface area (Å²) in [6.45, 7) is 28.2. The number of amides is 1. The first-order valence-corrected chi connectivity index (χ1v) is 23.5. The molecule has 60 heavy (non-hydrogen) atoms. The van der Waals surface area contributed by atoms with Crippen molar-refractivity contribution in [2.24, 2.45) is 0 Å². The number of carbonyl (C=O) groups excluding carboxylic acids is 1. The number of benzene rings is 5. The molecule has 316 valence electrons. The zero-order chi connectivity index (χ0) is 43.4. The van der Waals surface area contributed by atoms with Gasteiger partial charge >= 0.3 is 0 Å². The van der Waals surface area contributed by atoms with Crippen molar-refractivity contribution in [1.82, 2.24) is 5.32 Å². The predicted octanol–water partition coefficient (Wildman–Crippen LogP) is 11.1. The van der Waals surface area contributed by atoms with Crippen molar-refractivity contribution in [1.29, 1.82) is 0 Å². The van der Waals surface area contributed by atoms with Crippen molar-refractivity contribution in [3.8, 4) is 0 Å². The topological polar surface area (TPSA) is 61.4 Å². The van der Waals surface area contributed by atoms with E-state index in [0.717, 1.165) is 36.9 Å². The van der Waals surface area contributed by atoms with Gasteiger partial charge in [0.25, 0.3) is 0 Å². The molecule has 2 aliphatic carbocycles. The van der Waals surface area contributed by atoms with Crippen LogP contribution in [0.5, 0.6) is 0 Å². The van der Waals surface area contributed by atoms with Crippen LogP contribution in [0.25, 0.3) is 0 Å². The molecular weight excluding hydrogens is 752 g/mol. The second-order valence-corrected chi connectivity index (χ2v) is 23.9. The van der Waals surface area contributed by atoms with Gasteiger partial charge in [0.05, 0.1) is 19.2 Å². The average molecular weight is 821 g/mol. The van der Waals surface area contributed by atoms with E-state index in [0.29, 0.717) is 0 Å². The third-order valence-corrected chi connectivity index (χ3v) is 15.5. The molecule has 0 aliphatic heterocycles. The maximum atomic E-state index is 13.5. The van der Waals surface area contributed by atoms with Crippen molar-refractivity contribution < 1.29 is 9.90 Å². The molecule has 0 radical (unpaired) electrons. The number of hydrogen-bond acceptors (Lipinski definition) is 3. The second-order valence-electron chi connectivity index (χ2n) is 21.7. The fourth-order valence-electron chi connectivity index (χ4n) is 9.48. The van der Waals surface area contributed by atoms with Crippen molar-refractivity contribution in [2.45, 2.75) is 142 Å². The molecule has 0 saturated carbocycles. The molecule has 2 aliphatic rings. The van der Waals surface area contributed by atoms with Crippen LogP contribution in [-0.4, -0.2) is 24.2 Å². The molecule has 0 saturated heterocycles. The Bertz CT molecular complexity index is 2230. The summed E-state index contributed by atoms with van der Waals surface area (Å²) in [6, 6.07) is 38.2. The fourth-order valence-corrected chi connectivity index (χ4v) is 12.2. The Morgan fingerprint density at radius 1 is 0.617 bits per heavy atom. The Morgan fingerprint density at radius 3 is 1.55 bits per heavy atom. The third-order valence-electron chi connectivity index (χ3n) is 13.1. The summed E-state index contributed by atoms with van der Waals surface area (Å²) in [4.78, 5) is 13.5. The van der Waals surface area contributed by atoms with Crippen LogP contribution < -0.4 is 26.5 Å². The lowest BCUT2D eigenvalue weighted by molar-refractivity contribution is -0.120. The highest BCUT2D eigenvalue weighted by Crippen LogP contribution is 2.56. The number of rotatable bonds is 9. The van der Waals surface area contributed by atoms with Crippen LogP contribution in [0.4, 0.5) is 5.69 Å². The molecule has 7 rings (SSSR count). The van der Waals surface area contributed by atoms with E-state index >= 15 is 0 Å². The van der Waals surface area contributed by atoms with E-state index in [1.165, 1.54) is 60.4 Å². The number of carbonyl (C=O) groups is 1. The van der Waals surface area contributed by atoms with Gasteiger partial charge in [0, 0.05) is 11.1 Å². The molecule has 0 aromatic heterocycles. The SMILES string of the molecule is CC(C)(C)c1cc(P(c2cc(C(C)(C)C)cc(C(C)(C)C)c2)c2cccc3c2[C@]2(CCc4cccc(NCC(=O)N[C@@H](CO)c5ccccc5)c42)CC3)cc(C(C)(C)C)c1. The van der Waals surface area contributed by atoms with Crippen LogP contribution in [0.1, 0.15) is 152 Å². The highest BCUT2D eigenvalue weighted by atomic mass is 31.1. The monoisotopic (exact) mass is 821 g/mol. The Balaban J connectivity index is 1.41. The molecule has 0 bridgehead atoms. The van der Waals surface area contributed by atoms with Gasteiger partial charge in [0.2, 0.25) is 5.91 Å². The summed E-state index contributed by atoms with van der Waals surface area (Å²) in [5.41, 5.74) is 12.9. The number of fused-ring (bicyclic) bond motifs is 4. The van der Waals surface area contributed by atoms with Gasteiger partial charge in [0.15, 0.2) is 0 Å². The van der Waals surface area contributed by atoms with E-state index in [1.807, 2.05) is 30.3 Å². The van der Waals surface area contributed by atoms with Crippen LogP contribution in [0.2, 0.25) is 0 Å². The van der Waals surface area contributed by atoms with Gasteiger partial charge in [0.1, 0.15) is 0 Å². The van der Waals surface area contributed by atoms with Crippen molar-refractivity contribution in [2.75, 3.05) is 18.5 Å². The van der Waals surface area contributed by atoms with E-state index < -0.39 is 14.0 Å². The van der Waals surface area contributed by atoms with Gasteiger partial charge in [-0.05, 0) is 127 Å². The Morgan fingerprint density at radius 2 is 1.08 bits per heavy atom. The van der Waals surface area contributed by atoms with E-state index in [1.54, 1.807) is 0 Å². The fraction of sp³-hybridized carbons (Fsp3) is 0.436. The standard InChI is InChI=1S/C55H69N2O2P/c1-51(2,3)39-28-40(52(4,5)6)31-43(30-39)60(44-32-41(53(7,8)9)29-42(33-44)54(10,11)12)47-23-17-21-38-25-27-55(50(38)47)26-24-37-20-16-22-45(49(37)55)56-34-48(59)57-46(35-58)36-18-14-13-15-19-36/h13-23,28-33,46,56,58H,24-27,34-35H2,1-12H3,(H,57,59)/t46-,55+/m0/s1. The molecule has 5 aromatic carbocycles. The minimum Gasteiger partial charge on any atom is -0.394 e. The van der Waals surface area contributed by atoms with E-state index in [2.05, 4.69) is 167 Å². The minimum absolute atomic E-state index is 0.0176. The largest absolute Gasteiger partial charge is 0.394 e. The normalized spacial score (nSPS) is 17.2. The second kappa shape index (κ2) is 16.2. The van der Waals surface area contributed by atoms with Gasteiger partial charge < -0.3 is 15.7 Å². The number of aliphatic hydroxyl groups is 1. The van der Waals surface area contributed by atoms with Gasteiger partial charge in [-0.25, -0.2) is 0 Å². The van der Waals surface area contributed by atoms with Gasteiger partial charge in [-0.2, -0.15) is 0 Å². The lowest BCUT2D eigenvalue weighted by Crippen LogP contribution is -2.36. The van der Waals surface area contributed by atoms with Crippen molar-refractivity contribution >= 4 is 35.4 Å². The summed E-state index contributed by atoms with van der Waals surface area (Å²) in [5.74, 6) is -0.139. The summed E-state index contributed by atoms with van der Waals surface area (Å²) >= 11 is 0. The average Bonchev–Trinajstić information content (AvgIpc) is 3.76. The first-order chi connectivity index (χ1) is 28.1. The van der Waals surface area contributed by atoms with Crippen LogP contribution in [-0.2, 0) is 44.7 Å². The molecule has 3 N–H and O–H groups in total. The Labute approximate surface area is 362 Å². The summed E-state index contributed by atoms with van der Waals surface area (Å²) in [5, 5.41) is 21.2. The molecule has 5 heteroatoms. The van der Waals surface area contributed by atoms with Crippen molar-refractivity contribution in [3.05, 3.63) is 153 Å². The highest BCUT2D eigenvalue weighted by molar-refractivity contribution is 7.80. The van der Waals surface area contributed by atoms with Crippen LogP contribution in [0, 0.1) is 0 Å². The number of hydrogen-bond donors (Lipinski definition) is 3. The van der Waals surface area contributed by atoms with E-state index in [4.69, 9.17) is 0 Å². The van der Waals surface area contributed by atoms with E-state index in [-0.39, 0.29) is 46.1 Å². The molecule has 4 nitrogen and oxygen atoms in total. The number of anilines is 1. The quantitative estimate of drug-likeness (QED) is 0.130. The molecule has 5 aromatic rings.